The first-order valence-corrected chi connectivity index (χ1v) is 17.0. The lowest BCUT2D eigenvalue weighted by Crippen LogP contribution is -2.35. The number of rotatable bonds is 9. The van der Waals surface area contributed by atoms with Gasteiger partial charge in [0.15, 0.2) is 0 Å². The number of hydrogen-bond donors (Lipinski definition) is 0. The number of ether oxygens (including phenoxy) is 3. The second kappa shape index (κ2) is 12.7. The number of carbonyl (C=O) groups excluding carboxylic acids is 1. The van der Waals surface area contributed by atoms with Gasteiger partial charge in [-0.25, -0.2) is 19.7 Å². The van der Waals surface area contributed by atoms with Crippen molar-refractivity contribution >= 4 is 38.6 Å². The summed E-state index contributed by atoms with van der Waals surface area (Å²) in [6, 6.07) is 18.1. The standard InChI is InChI=1S/C36H41N5O4S/c1-23-37-30-10-8-24(18-32(30)46-23)22-44-34-7-5-6-28(39-34)25-12-15-40(16-13-25)21-33-38-29-11-9-26(35(42)45-36(2,3)4)19-31(29)41(33)20-27-14-17-43-27/h5-11,18-19,25,27H,12-17,20-22H2,1-4H3/t27-/m0/s1. The third-order valence-corrected chi connectivity index (χ3v) is 9.64. The maximum absolute atomic E-state index is 12.8. The minimum absolute atomic E-state index is 0.174. The molecule has 2 aromatic carbocycles. The van der Waals surface area contributed by atoms with Gasteiger partial charge in [-0.15, -0.1) is 11.3 Å². The van der Waals surface area contributed by atoms with Gasteiger partial charge in [0.2, 0.25) is 5.88 Å². The van der Waals surface area contributed by atoms with Gasteiger partial charge in [0.05, 0.1) is 51.0 Å². The number of pyridine rings is 1. The van der Waals surface area contributed by atoms with E-state index in [0.29, 0.717) is 24.0 Å². The first-order chi connectivity index (χ1) is 22.2. The predicted octanol–water partition coefficient (Wildman–Crippen LogP) is 7.05. The lowest BCUT2D eigenvalue weighted by Gasteiger charge is -2.32. The summed E-state index contributed by atoms with van der Waals surface area (Å²) in [5.74, 6) is 1.74. The Labute approximate surface area is 273 Å². The summed E-state index contributed by atoms with van der Waals surface area (Å²) in [6.07, 6.45) is 3.25. The highest BCUT2D eigenvalue weighted by Gasteiger charge is 2.27. The number of hydrogen-bond acceptors (Lipinski definition) is 9. The van der Waals surface area contributed by atoms with Gasteiger partial charge in [-0.2, -0.15) is 0 Å². The molecule has 2 fully saturated rings. The number of fused-ring (bicyclic) bond motifs is 2. The van der Waals surface area contributed by atoms with Crippen LogP contribution in [0.4, 0.5) is 0 Å². The van der Waals surface area contributed by atoms with Crippen LogP contribution in [0.3, 0.4) is 0 Å². The molecule has 3 aromatic heterocycles. The average Bonchev–Trinajstić information content (AvgIpc) is 3.55. The highest BCUT2D eigenvalue weighted by Crippen LogP contribution is 2.30. The number of piperidine rings is 1. The monoisotopic (exact) mass is 639 g/mol. The van der Waals surface area contributed by atoms with Crippen molar-refractivity contribution < 1.29 is 19.0 Å². The zero-order chi connectivity index (χ0) is 31.8. The molecule has 9 nitrogen and oxygen atoms in total. The Kier molecular flexibility index (Phi) is 8.52. The van der Waals surface area contributed by atoms with Crippen molar-refractivity contribution in [1.82, 2.24) is 24.4 Å². The van der Waals surface area contributed by atoms with Crippen molar-refractivity contribution in [3.8, 4) is 5.88 Å². The summed E-state index contributed by atoms with van der Waals surface area (Å²) in [7, 11) is 0. The summed E-state index contributed by atoms with van der Waals surface area (Å²) >= 11 is 1.71. The molecule has 5 aromatic rings. The van der Waals surface area contributed by atoms with Gasteiger partial charge >= 0.3 is 5.97 Å². The highest BCUT2D eigenvalue weighted by atomic mass is 32.1. The Morgan fingerprint density at radius 1 is 1.00 bits per heavy atom. The minimum Gasteiger partial charge on any atom is -0.473 e. The van der Waals surface area contributed by atoms with Crippen molar-refractivity contribution in [1.29, 1.82) is 0 Å². The van der Waals surface area contributed by atoms with Gasteiger partial charge in [-0.1, -0.05) is 12.1 Å². The molecule has 2 aliphatic rings. The maximum atomic E-state index is 12.8. The maximum Gasteiger partial charge on any atom is 0.338 e. The third-order valence-electron chi connectivity index (χ3n) is 8.70. The lowest BCUT2D eigenvalue weighted by atomic mass is 9.93. The van der Waals surface area contributed by atoms with Crippen LogP contribution in [-0.4, -0.2) is 61.8 Å². The molecule has 1 atom stereocenters. The molecule has 0 unspecified atom stereocenters. The van der Waals surface area contributed by atoms with Crippen LogP contribution in [0.1, 0.15) is 78.4 Å². The third kappa shape index (κ3) is 6.94. The van der Waals surface area contributed by atoms with Crippen LogP contribution in [-0.2, 0) is 29.2 Å². The fourth-order valence-corrected chi connectivity index (χ4v) is 7.14. The minimum atomic E-state index is -0.551. The normalized spacial score (nSPS) is 17.8. The highest BCUT2D eigenvalue weighted by molar-refractivity contribution is 7.18. The fraction of sp³-hybridized carbons (Fsp3) is 0.444. The van der Waals surface area contributed by atoms with E-state index < -0.39 is 5.60 Å². The molecular weight excluding hydrogens is 598 g/mol. The van der Waals surface area contributed by atoms with Crippen LogP contribution in [0.15, 0.2) is 54.6 Å². The first kappa shape index (κ1) is 30.8. The van der Waals surface area contributed by atoms with Crippen molar-refractivity contribution in [2.75, 3.05) is 19.7 Å². The topological polar surface area (TPSA) is 91.6 Å². The molecule has 0 N–H and O–H groups in total. The number of imidazole rings is 1. The number of nitrogens with zero attached hydrogens (tertiary/aromatic N) is 5. The summed E-state index contributed by atoms with van der Waals surface area (Å²) in [5.41, 5.74) is 5.08. The quantitative estimate of drug-likeness (QED) is 0.159. The second-order valence-electron chi connectivity index (χ2n) is 13.4. The van der Waals surface area contributed by atoms with Gasteiger partial charge in [0, 0.05) is 24.3 Å². The molecule has 0 spiro atoms. The zero-order valence-electron chi connectivity index (χ0n) is 27.0. The number of thiazole rings is 1. The van der Waals surface area contributed by atoms with Gasteiger partial charge in [-0.3, -0.25) is 4.90 Å². The number of benzene rings is 2. The second-order valence-corrected chi connectivity index (χ2v) is 14.6. The number of aromatic nitrogens is 4. The molecule has 0 saturated carbocycles. The zero-order valence-corrected chi connectivity index (χ0v) is 27.8. The average molecular weight is 640 g/mol. The molecule has 0 radical (unpaired) electrons. The Morgan fingerprint density at radius 2 is 1.80 bits per heavy atom. The lowest BCUT2D eigenvalue weighted by molar-refractivity contribution is -0.0592. The summed E-state index contributed by atoms with van der Waals surface area (Å²) in [5, 5.41) is 1.07. The smallest absolute Gasteiger partial charge is 0.338 e. The molecule has 5 heterocycles. The first-order valence-electron chi connectivity index (χ1n) is 16.2. The van der Waals surface area contributed by atoms with Gasteiger partial charge in [0.1, 0.15) is 18.0 Å². The van der Waals surface area contributed by atoms with Crippen LogP contribution in [0, 0.1) is 6.92 Å². The van der Waals surface area contributed by atoms with Crippen LogP contribution >= 0.6 is 11.3 Å². The molecule has 10 heteroatoms. The number of carbonyl (C=O) groups is 1. The van der Waals surface area contributed by atoms with Gasteiger partial charge in [-0.05, 0) is 102 Å². The molecule has 7 rings (SSSR count). The van der Waals surface area contributed by atoms with E-state index in [0.717, 1.165) is 90.7 Å². The fourth-order valence-electron chi connectivity index (χ4n) is 6.25. The van der Waals surface area contributed by atoms with Crippen molar-refractivity contribution in [2.45, 2.75) is 84.3 Å². The molecule has 0 bridgehead atoms. The Morgan fingerprint density at radius 3 is 2.57 bits per heavy atom. The van der Waals surface area contributed by atoms with Crippen molar-refractivity contribution in [2.24, 2.45) is 0 Å². The van der Waals surface area contributed by atoms with E-state index in [1.807, 2.05) is 52.0 Å². The molecule has 0 amide bonds. The van der Waals surface area contributed by atoms with E-state index in [-0.39, 0.29) is 12.1 Å². The van der Waals surface area contributed by atoms with Crippen molar-refractivity contribution in [3.63, 3.8) is 0 Å². The molecule has 0 aliphatic carbocycles. The number of aryl methyl sites for hydroxylation is 1. The molecule has 2 aliphatic heterocycles. The molecular formula is C36H41N5O4S. The Balaban J connectivity index is 1.00. The SMILES string of the molecule is Cc1nc2ccc(COc3cccc(C4CCN(Cc5nc6ccc(C(=O)OC(C)(C)C)cc6n5C[C@@H]5CCO5)CC4)n3)cc2s1. The van der Waals surface area contributed by atoms with E-state index in [1.165, 1.54) is 4.70 Å². The van der Waals surface area contributed by atoms with E-state index >= 15 is 0 Å². The Hall–Kier alpha value is -3.86. The Bertz CT molecular complexity index is 1860. The van der Waals surface area contributed by atoms with Crippen molar-refractivity contribution in [3.05, 3.63) is 82.3 Å². The van der Waals surface area contributed by atoms with E-state index in [2.05, 4.69) is 44.8 Å². The number of esters is 1. The summed E-state index contributed by atoms with van der Waals surface area (Å²) in [6.45, 7) is 12.4. The predicted molar refractivity (Wildman–Crippen MR) is 179 cm³/mol. The molecule has 240 valence electrons. The number of likely N-dealkylation sites (tertiary alicyclic amines) is 1. The van der Waals surface area contributed by atoms with Crippen LogP contribution in [0.5, 0.6) is 5.88 Å². The van der Waals surface area contributed by atoms with Crippen LogP contribution in [0.2, 0.25) is 0 Å². The van der Waals surface area contributed by atoms with E-state index in [4.69, 9.17) is 24.2 Å². The molecule has 2 saturated heterocycles. The largest absolute Gasteiger partial charge is 0.473 e. The van der Waals surface area contributed by atoms with Crippen LogP contribution in [0.25, 0.3) is 21.3 Å². The summed E-state index contributed by atoms with van der Waals surface area (Å²) < 4.78 is 21.0. The van der Waals surface area contributed by atoms with E-state index in [9.17, 15) is 4.79 Å². The summed E-state index contributed by atoms with van der Waals surface area (Å²) in [4.78, 5) is 29.8. The van der Waals surface area contributed by atoms with E-state index in [1.54, 1.807) is 11.3 Å². The molecule has 46 heavy (non-hydrogen) atoms. The van der Waals surface area contributed by atoms with Crippen LogP contribution < -0.4 is 4.74 Å². The van der Waals surface area contributed by atoms with Gasteiger partial charge < -0.3 is 18.8 Å². The van der Waals surface area contributed by atoms with Gasteiger partial charge in [0.25, 0.3) is 0 Å².